The molecule has 0 aliphatic carbocycles. The minimum absolute atomic E-state index is 0.00656. The van der Waals surface area contributed by atoms with Gasteiger partial charge in [0, 0.05) is 19.2 Å². The van der Waals surface area contributed by atoms with Gasteiger partial charge >= 0.3 is 0 Å². The zero-order chi connectivity index (χ0) is 14.9. The Kier molecular flexibility index (Phi) is 4.17. The first-order valence-electron chi connectivity index (χ1n) is 5.83. The molecule has 0 radical (unpaired) electrons. The molecule has 0 saturated carbocycles. The van der Waals surface area contributed by atoms with Crippen LogP contribution >= 0.6 is 11.6 Å². The van der Waals surface area contributed by atoms with Crippen LogP contribution in [0, 0.1) is 5.82 Å². The van der Waals surface area contributed by atoms with E-state index in [1.165, 1.54) is 12.1 Å². The number of hydrogen-bond acceptors (Lipinski definition) is 4. The summed E-state index contributed by atoms with van der Waals surface area (Å²) in [7, 11) is -3.21. The highest BCUT2D eigenvalue weighted by atomic mass is 35.5. The molecule has 6 nitrogen and oxygen atoms in total. The first-order chi connectivity index (χ1) is 9.28. The fourth-order valence-corrected chi connectivity index (χ4v) is 2.54. The van der Waals surface area contributed by atoms with Gasteiger partial charge in [-0.2, -0.15) is 0 Å². The quantitative estimate of drug-likeness (QED) is 0.814. The summed E-state index contributed by atoms with van der Waals surface area (Å²) in [5.74, 6) is -0.316. The Bertz CT molecular complexity index is 744. The van der Waals surface area contributed by atoms with E-state index in [-0.39, 0.29) is 17.5 Å². The maximum atomic E-state index is 13.3. The van der Waals surface area contributed by atoms with E-state index in [4.69, 9.17) is 17.3 Å². The highest BCUT2D eigenvalue weighted by Gasteiger charge is 2.11. The number of benzene rings is 1. The van der Waals surface area contributed by atoms with Crippen molar-refractivity contribution in [2.45, 2.75) is 13.0 Å². The van der Waals surface area contributed by atoms with Gasteiger partial charge in [-0.1, -0.05) is 11.6 Å². The maximum absolute atomic E-state index is 13.3. The van der Waals surface area contributed by atoms with Crippen molar-refractivity contribution in [2.75, 3.05) is 18.5 Å². The molecular formula is C11H14ClFN4O2S. The molecule has 0 fully saturated rings. The van der Waals surface area contributed by atoms with E-state index >= 15 is 0 Å². The van der Waals surface area contributed by atoms with Gasteiger partial charge in [0.25, 0.3) is 0 Å². The molecule has 1 heterocycles. The lowest BCUT2D eigenvalue weighted by Crippen LogP contribution is -2.24. The number of fused-ring (bicyclic) bond motifs is 1. The molecule has 0 saturated heterocycles. The summed E-state index contributed by atoms with van der Waals surface area (Å²) in [4.78, 5) is 4.05. The molecule has 0 aliphatic rings. The second-order valence-corrected chi connectivity index (χ2v) is 6.64. The molecule has 0 spiro atoms. The summed E-state index contributed by atoms with van der Waals surface area (Å²) in [6, 6.07) is 2.68. The number of nitrogens with one attached hydrogen (secondary N) is 1. The van der Waals surface area contributed by atoms with Gasteiger partial charge in [0.05, 0.1) is 22.3 Å². The summed E-state index contributed by atoms with van der Waals surface area (Å²) in [5.41, 5.74) is 6.81. The van der Waals surface area contributed by atoms with Crippen molar-refractivity contribution in [3.63, 3.8) is 0 Å². The zero-order valence-electron chi connectivity index (χ0n) is 10.7. The van der Waals surface area contributed by atoms with E-state index < -0.39 is 15.8 Å². The minimum Gasteiger partial charge on any atom is -0.369 e. The Balaban J connectivity index is 2.17. The van der Waals surface area contributed by atoms with E-state index in [1.807, 2.05) is 0 Å². The van der Waals surface area contributed by atoms with Crippen LogP contribution in [0.2, 0.25) is 5.02 Å². The van der Waals surface area contributed by atoms with E-state index in [1.54, 1.807) is 4.57 Å². The Labute approximate surface area is 120 Å². The van der Waals surface area contributed by atoms with Gasteiger partial charge in [0.1, 0.15) is 5.82 Å². The number of nitrogen functional groups attached to an aromatic ring is 1. The number of imidazole rings is 1. The van der Waals surface area contributed by atoms with Gasteiger partial charge in [-0.15, -0.1) is 0 Å². The number of hydrogen-bond donors (Lipinski definition) is 2. The summed E-state index contributed by atoms with van der Waals surface area (Å²) < 4.78 is 39.3. The molecule has 0 atom stereocenters. The van der Waals surface area contributed by atoms with E-state index in [2.05, 4.69) is 9.71 Å². The summed E-state index contributed by atoms with van der Waals surface area (Å²) >= 11 is 5.74. The Morgan fingerprint density at radius 2 is 2.20 bits per heavy atom. The zero-order valence-corrected chi connectivity index (χ0v) is 12.3. The predicted molar refractivity (Wildman–Crippen MR) is 76.6 cm³/mol. The SMILES string of the molecule is CS(=O)(=O)NCCCn1c(N)nc2cc(F)c(Cl)cc21. The normalized spacial score (nSPS) is 12.2. The number of sulfonamides is 1. The van der Waals surface area contributed by atoms with Crippen LogP contribution in [0.15, 0.2) is 12.1 Å². The van der Waals surface area contributed by atoms with Crippen molar-refractivity contribution in [1.29, 1.82) is 0 Å². The van der Waals surface area contributed by atoms with Crippen molar-refractivity contribution in [2.24, 2.45) is 0 Å². The topological polar surface area (TPSA) is 90.0 Å². The van der Waals surface area contributed by atoms with Crippen LogP contribution in [-0.4, -0.2) is 30.8 Å². The number of anilines is 1. The first-order valence-corrected chi connectivity index (χ1v) is 8.10. The minimum atomic E-state index is -3.21. The van der Waals surface area contributed by atoms with Crippen LogP contribution < -0.4 is 10.5 Å². The van der Waals surface area contributed by atoms with E-state index in [0.717, 1.165) is 6.26 Å². The third-order valence-corrected chi connectivity index (χ3v) is 3.76. The van der Waals surface area contributed by atoms with Crippen molar-refractivity contribution in [1.82, 2.24) is 14.3 Å². The fourth-order valence-electron chi connectivity index (χ4n) is 1.87. The number of aromatic nitrogens is 2. The number of aryl methyl sites for hydroxylation is 1. The first kappa shape index (κ1) is 15.0. The van der Waals surface area contributed by atoms with Crippen molar-refractivity contribution < 1.29 is 12.8 Å². The Morgan fingerprint density at radius 1 is 1.50 bits per heavy atom. The average Bonchev–Trinajstić information content (AvgIpc) is 2.60. The summed E-state index contributed by atoms with van der Waals surface area (Å²) in [5, 5.41) is -0.00656. The molecular weight excluding hydrogens is 307 g/mol. The van der Waals surface area contributed by atoms with E-state index in [9.17, 15) is 12.8 Å². The summed E-state index contributed by atoms with van der Waals surface area (Å²) in [6.07, 6.45) is 1.62. The summed E-state index contributed by atoms with van der Waals surface area (Å²) in [6.45, 7) is 0.736. The van der Waals surface area contributed by atoms with Gasteiger partial charge in [0.2, 0.25) is 16.0 Å². The molecule has 9 heteroatoms. The van der Waals surface area contributed by atoms with Crippen LogP contribution in [-0.2, 0) is 16.6 Å². The second kappa shape index (κ2) is 5.55. The van der Waals surface area contributed by atoms with Crippen LogP contribution in [0.4, 0.5) is 10.3 Å². The number of halogens is 2. The van der Waals surface area contributed by atoms with Crippen LogP contribution in [0.25, 0.3) is 11.0 Å². The molecule has 0 unspecified atom stereocenters. The molecule has 110 valence electrons. The fraction of sp³-hybridized carbons (Fsp3) is 0.364. The molecule has 20 heavy (non-hydrogen) atoms. The number of rotatable bonds is 5. The van der Waals surface area contributed by atoms with Crippen molar-refractivity contribution in [3.8, 4) is 0 Å². The standard InChI is InChI=1S/C11H14ClFN4O2S/c1-20(18,19)15-3-2-4-17-10-5-7(12)8(13)6-9(10)16-11(17)14/h5-6,15H,2-4H2,1H3,(H2,14,16). The molecule has 2 rings (SSSR count). The van der Waals surface area contributed by atoms with Gasteiger partial charge < -0.3 is 10.3 Å². The van der Waals surface area contributed by atoms with Crippen LogP contribution in [0.3, 0.4) is 0 Å². The van der Waals surface area contributed by atoms with Gasteiger partial charge in [0.15, 0.2) is 0 Å². The monoisotopic (exact) mass is 320 g/mol. The predicted octanol–water partition coefficient (Wildman–Crippen LogP) is 1.35. The highest BCUT2D eigenvalue weighted by molar-refractivity contribution is 7.88. The second-order valence-electron chi connectivity index (χ2n) is 4.40. The van der Waals surface area contributed by atoms with Gasteiger partial charge in [-0.05, 0) is 12.5 Å². The number of nitrogens with two attached hydrogens (primary N) is 1. The van der Waals surface area contributed by atoms with Gasteiger partial charge in [-0.3, -0.25) is 0 Å². The van der Waals surface area contributed by atoms with E-state index in [0.29, 0.717) is 24.0 Å². The smallest absolute Gasteiger partial charge is 0.208 e. The molecule has 0 amide bonds. The molecule has 3 N–H and O–H groups in total. The Morgan fingerprint density at radius 3 is 2.85 bits per heavy atom. The molecule has 0 bridgehead atoms. The lowest BCUT2D eigenvalue weighted by Gasteiger charge is -2.07. The van der Waals surface area contributed by atoms with Crippen molar-refractivity contribution in [3.05, 3.63) is 23.0 Å². The molecule has 1 aromatic heterocycles. The van der Waals surface area contributed by atoms with Crippen LogP contribution in [0.5, 0.6) is 0 Å². The number of nitrogens with zero attached hydrogens (tertiary/aromatic N) is 2. The lowest BCUT2D eigenvalue weighted by atomic mass is 10.3. The van der Waals surface area contributed by atoms with Crippen LogP contribution in [0.1, 0.15) is 6.42 Å². The maximum Gasteiger partial charge on any atom is 0.208 e. The largest absolute Gasteiger partial charge is 0.369 e. The Hall–Kier alpha value is -1.38. The average molecular weight is 321 g/mol. The third kappa shape index (κ3) is 3.38. The molecule has 1 aromatic carbocycles. The third-order valence-electron chi connectivity index (χ3n) is 2.74. The lowest BCUT2D eigenvalue weighted by molar-refractivity contribution is 0.578. The van der Waals surface area contributed by atoms with Crippen molar-refractivity contribution >= 4 is 38.6 Å². The van der Waals surface area contributed by atoms with Gasteiger partial charge in [-0.25, -0.2) is 22.5 Å². The molecule has 0 aliphatic heterocycles. The molecule has 2 aromatic rings. The highest BCUT2D eigenvalue weighted by Crippen LogP contribution is 2.24.